The Bertz CT molecular complexity index is 629. The van der Waals surface area contributed by atoms with Crippen molar-refractivity contribution in [3.05, 3.63) is 28.2 Å². The number of hydrogen-bond donors (Lipinski definition) is 2. The van der Waals surface area contributed by atoms with E-state index in [1.54, 1.807) is 6.07 Å². The van der Waals surface area contributed by atoms with Gasteiger partial charge in [0.05, 0.1) is 17.1 Å². The van der Waals surface area contributed by atoms with Gasteiger partial charge in [0.1, 0.15) is 0 Å². The molecule has 0 bridgehead atoms. The molecule has 1 aliphatic carbocycles. The number of nitrogens with one attached hydrogen (secondary N) is 2. The first-order valence-corrected chi connectivity index (χ1v) is 8.80. The van der Waals surface area contributed by atoms with E-state index in [-0.39, 0.29) is 30.0 Å². The summed E-state index contributed by atoms with van der Waals surface area (Å²) in [6.07, 6.45) is 1.94. The van der Waals surface area contributed by atoms with Crippen molar-refractivity contribution in [2.45, 2.75) is 23.8 Å². The normalized spacial score (nSPS) is 15.0. The summed E-state index contributed by atoms with van der Waals surface area (Å²) in [5, 5.41) is 2.84. The molecule has 1 fully saturated rings. The minimum absolute atomic E-state index is 0.0581. The third-order valence-electron chi connectivity index (χ3n) is 3.00. The zero-order chi connectivity index (χ0) is 15.5. The lowest BCUT2D eigenvalue weighted by atomic mass is 10.2. The van der Waals surface area contributed by atoms with Gasteiger partial charge in [-0.15, -0.1) is 0 Å². The van der Waals surface area contributed by atoms with E-state index in [4.69, 9.17) is 4.74 Å². The van der Waals surface area contributed by atoms with Crippen molar-refractivity contribution < 1.29 is 17.9 Å². The average Bonchev–Trinajstić information content (AvgIpc) is 3.23. The van der Waals surface area contributed by atoms with E-state index < -0.39 is 10.0 Å². The van der Waals surface area contributed by atoms with Crippen LogP contribution < -0.4 is 10.0 Å². The van der Waals surface area contributed by atoms with Crippen LogP contribution in [0.15, 0.2) is 27.6 Å². The number of carbonyl (C=O) groups is 1. The van der Waals surface area contributed by atoms with Crippen molar-refractivity contribution in [3.8, 4) is 0 Å². The fourth-order valence-electron chi connectivity index (χ4n) is 1.70. The van der Waals surface area contributed by atoms with Gasteiger partial charge in [-0.3, -0.25) is 4.79 Å². The number of amides is 1. The Morgan fingerprint density at radius 1 is 1.43 bits per heavy atom. The topological polar surface area (TPSA) is 84.5 Å². The van der Waals surface area contributed by atoms with Crippen LogP contribution in [0, 0.1) is 0 Å². The molecule has 2 rings (SSSR count). The lowest BCUT2D eigenvalue weighted by molar-refractivity contribution is 0.0950. The molecule has 116 valence electrons. The first-order valence-electron chi connectivity index (χ1n) is 6.53. The van der Waals surface area contributed by atoms with Crippen LogP contribution in [0.5, 0.6) is 0 Å². The summed E-state index contributed by atoms with van der Waals surface area (Å²) in [6, 6.07) is 4.60. The maximum absolute atomic E-state index is 12.1. The van der Waals surface area contributed by atoms with Crippen LogP contribution in [0.1, 0.15) is 23.2 Å². The summed E-state index contributed by atoms with van der Waals surface area (Å²) in [4.78, 5) is 12.1. The van der Waals surface area contributed by atoms with Gasteiger partial charge >= 0.3 is 0 Å². The highest BCUT2D eigenvalue weighted by atomic mass is 79.9. The van der Waals surface area contributed by atoms with Gasteiger partial charge in [0.25, 0.3) is 5.91 Å². The fraction of sp³-hybridized carbons (Fsp3) is 0.462. The van der Waals surface area contributed by atoms with E-state index in [0.717, 1.165) is 12.8 Å². The Morgan fingerprint density at radius 3 is 2.76 bits per heavy atom. The lowest BCUT2D eigenvalue weighted by Crippen LogP contribution is -2.28. The largest absolute Gasteiger partial charge is 0.383 e. The third kappa shape index (κ3) is 4.50. The van der Waals surface area contributed by atoms with E-state index in [9.17, 15) is 13.2 Å². The SMILES string of the molecule is COCCNS(=O)(=O)c1ccc(Br)c(C(=O)NC2CC2)c1. The molecule has 0 unspecified atom stereocenters. The first-order chi connectivity index (χ1) is 9.94. The molecular formula is C13H17BrN2O4S. The number of benzene rings is 1. The van der Waals surface area contributed by atoms with E-state index in [0.29, 0.717) is 10.0 Å². The molecule has 21 heavy (non-hydrogen) atoms. The van der Waals surface area contributed by atoms with E-state index >= 15 is 0 Å². The molecule has 1 saturated carbocycles. The molecular weight excluding hydrogens is 360 g/mol. The summed E-state index contributed by atoms with van der Waals surface area (Å²) in [6.45, 7) is 0.462. The number of ether oxygens (including phenoxy) is 1. The number of halogens is 1. The highest BCUT2D eigenvalue weighted by molar-refractivity contribution is 9.10. The average molecular weight is 377 g/mol. The van der Waals surface area contributed by atoms with Gasteiger partial charge in [-0.2, -0.15) is 0 Å². The summed E-state index contributed by atoms with van der Waals surface area (Å²) in [7, 11) is -2.15. The van der Waals surface area contributed by atoms with Gasteiger partial charge < -0.3 is 10.1 Å². The summed E-state index contributed by atoms with van der Waals surface area (Å²) in [5.74, 6) is -0.265. The molecule has 6 nitrogen and oxygen atoms in total. The molecule has 1 aliphatic rings. The molecule has 2 N–H and O–H groups in total. The predicted octanol–water partition coefficient (Wildman–Crippen LogP) is 1.27. The number of rotatable bonds is 7. The van der Waals surface area contributed by atoms with Gasteiger partial charge in [0.2, 0.25) is 10.0 Å². The Kier molecular flexibility index (Phi) is 5.37. The molecule has 1 aromatic rings. The third-order valence-corrected chi connectivity index (χ3v) is 5.15. The Balaban J connectivity index is 2.18. The predicted molar refractivity (Wildman–Crippen MR) is 81.7 cm³/mol. The minimum Gasteiger partial charge on any atom is -0.383 e. The number of hydrogen-bond acceptors (Lipinski definition) is 4. The Hall–Kier alpha value is -0.960. The van der Waals surface area contributed by atoms with Crippen molar-refractivity contribution >= 4 is 31.9 Å². The Morgan fingerprint density at radius 2 is 2.14 bits per heavy atom. The van der Waals surface area contributed by atoms with Crippen LogP contribution in [-0.4, -0.2) is 40.6 Å². The maximum atomic E-state index is 12.1. The van der Waals surface area contributed by atoms with Crippen molar-refractivity contribution in [3.63, 3.8) is 0 Å². The van der Waals surface area contributed by atoms with E-state index in [2.05, 4.69) is 26.0 Å². The second kappa shape index (κ2) is 6.87. The maximum Gasteiger partial charge on any atom is 0.252 e. The van der Waals surface area contributed by atoms with Crippen molar-refractivity contribution in [1.82, 2.24) is 10.0 Å². The monoisotopic (exact) mass is 376 g/mol. The van der Waals surface area contributed by atoms with E-state index in [1.165, 1.54) is 19.2 Å². The van der Waals surface area contributed by atoms with Gasteiger partial charge in [0.15, 0.2) is 0 Å². The van der Waals surface area contributed by atoms with Crippen LogP contribution in [0.2, 0.25) is 0 Å². The zero-order valence-electron chi connectivity index (χ0n) is 11.6. The number of carbonyl (C=O) groups excluding carboxylic acids is 1. The fourth-order valence-corrected chi connectivity index (χ4v) is 3.16. The van der Waals surface area contributed by atoms with Gasteiger partial charge in [-0.25, -0.2) is 13.1 Å². The number of sulfonamides is 1. The van der Waals surface area contributed by atoms with Crippen molar-refractivity contribution in [2.24, 2.45) is 0 Å². The number of methoxy groups -OCH3 is 1. The van der Waals surface area contributed by atoms with Crippen LogP contribution in [0.4, 0.5) is 0 Å². The highest BCUT2D eigenvalue weighted by Gasteiger charge is 2.25. The molecule has 1 aromatic carbocycles. The minimum atomic E-state index is -3.65. The summed E-state index contributed by atoms with van der Waals surface area (Å²) in [5.41, 5.74) is 0.316. The molecule has 1 amide bonds. The molecule has 0 atom stereocenters. The van der Waals surface area contributed by atoms with Crippen LogP contribution >= 0.6 is 15.9 Å². The van der Waals surface area contributed by atoms with Crippen molar-refractivity contribution in [1.29, 1.82) is 0 Å². The zero-order valence-corrected chi connectivity index (χ0v) is 14.0. The lowest BCUT2D eigenvalue weighted by Gasteiger charge is -2.10. The first kappa shape index (κ1) is 16.4. The van der Waals surface area contributed by atoms with Gasteiger partial charge in [-0.05, 0) is 47.0 Å². The molecule has 0 saturated heterocycles. The molecule has 0 spiro atoms. The summed E-state index contributed by atoms with van der Waals surface area (Å²) < 4.78 is 32.0. The molecule has 0 radical (unpaired) electrons. The Labute approximate surface area is 132 Å². The second-order valence-corrected chi connectivity index (χ2v) is 7.40. The molecule has 8 heteroatoms. The van der Waals surface area contributed by atoms with Crippen molar-refractivity contribution in [2.75, 3.05) is 20.3 Å². The molecule has 0 aromatic heterocycles. The van der Waals surface area contributed by atoms with Crippen LogP contribution in [-0.2, 0) is 14.8 Å². The van der Waals surface area contributed by atoms with Crippen LogP contribution in [0.3, 0.4) is 0 Å². The second-order valence-electron chi connectivity index (χ2n) is 4.78. The standard InChI is InChI=1S/C13H17BrN2O4S/c1-20-7-6-15-21(18,19)10-4-5-12(14)11(8-10)13(17)16-9-2-3-9/h4-5,8-9,15H,2-3,6-7H2,1H3,(H,16,17). The molecule has 0 aliphatic heterocycles. The van der Waals surface area contributed by atoms with Gasteiger partial charge in [-0.1, -0.05) is 0 Å². The van der Waals surface area contributed by atoms with Crippen LogP contribution in [0.25, 0.3) is 0 Å². The highest BCUT2D eigenvalue weighted by Crippen LogP contribution is 2.24. The van der Waals surface area contributed by atoms with Gasteiger partial charge in [0, 0.05) is 24.2 Å². The van der Waals surface area contributed by atoms with E-state index in [1.807, 2.05) is 0 Å². The molecule has 0 heterocycles. The summed E-state index contributed by atoms with van der Waals surface area (Å²) >= 11 is 3.28. The smallest absolute Gasteiger partial charge is 0.252 e. The quantitative estimate of drug-likeness (QED) is 0.701.